The van der Waals surface area contributed by atoms with Gasteiger partial charge in [0.2, 0.25) is 0 Å². The average Bonchev–Trinajstić information content (AvgIpc) is 2.97. The van der Waals surface area contributed by atoms with Crippen LogP contribution in [0.5, 0.6) is 0 Å². The maximum Gasteiger partial charge on any atom is 0.274 e. The maximum absolute atomic E-state index is 14.5. The first kappa shape index (κ1) is 16.0. The first-order chi connectivity index (χ1) is 11.5. The number of likely N-dealkylation sites (tertiary alicyclic amines) is 1. The van der Waals surface area contributed by atoms with Crippen molar-refractivity contribution < 1.29 is 17.2 Å². The summed E-state index contributed by atoms with van der Waals surface area (Å²) < 4.78 is 14.5. The summed E-state index contributed by atoms with van der Waals surface area (Å²) in [6, 6.07) is 3.45. The predicted molar refractivity (Wildman–Crippen MR) is 91.6 cm³/mol. The van der Waals surface area contributed by atoms with Gasteiger partial charge in [-0.05, 0) is 63.4 Å². The van der Waals surface area contributed by atoms with Crippen molar-refractivity contribution in [1.82, 2.24) is 15.3 Å². The fourth-order valence-electron chi connectivity index (χ4n) is 5.00. The molecule has 0 unspecified atom stereocenters. The van der Waals surface area contributed by atoms with Crippen LogP contribution in [0.25, 0.3) is 0 Å². The third-order valence-electron chi connectivity index (χ3n) is 6.46. The zero-order chi connectivity index (χ0) is 16.9. The molecule has 1 aliphatic carbocycles. The topological polar surface area (TPSA) is 55.8 Å². The zero-order valence-electron chi connectivity index (χ0n) is 14.0. The monoisotopic (exact) mass is 337 g/mol. The molecule has 2 fully saturated rings. The number of amides is 1. The van der Waals surface area contributed by atoms with E-state index in [-0.39, 0.29) is 14.2 Å². The molecule has 1 saturated heterocycles. The third-order valence-corrected chi connectivity index (χ3v) is 6.46. The molecule has 0 aromatic heterocycles. The highest BCUT2D eigenvalue weighted by Gasteiger charge is 2.54. The SMILES string of the molecule is CN1CCC[C@@]12CC[C@@H]2N1CCc2cc(C(=O)NO)cc(F)c2C1.[HH].[HH]. The lowest BCUT2D eigenvalue weighted by molar-refractivity contribution is -0.0464. The number of hydrogen-bond acceptors (Lipinski definition) is 4. The molecular formula is C18H28FN3O2. The summed E-state index contributed by atoms with van der Waals surface area (Å²) in [7, 11) is 2.22. The van der Waals surface area contributed by atoms with Gasteiger partial charge in [-0.2, -0.15) is 0 Å². The maximum atomic E-state index is 14.5. The molecular weight excluding hydrogens is 309 g/mol. The Morgan fingerprint density at radius 2 is 2.25 bits per heavy atom. The van der Waals surface area contributed by atoms with Crippen molar-refractivity contribution in [3.63, 3.8) is 0 Å². The molecule has 1 amide bonds. The molecule has 1 saturated carbocycles. The van der Waals surface area contributed by atoms with Crippen molar-refractivity contribution in [3.05, 3.63) is 34.6 Å². The lowest BCUT2D eigenvalue weighted by Crippen LogP contribution is -2.65. The van der Waals surface area contributed by atoms with E-state index >= 15 is 0 Å². The van der Waals surface area contributed by atoms with Gasteiger partial charge in [-0.3, -0.25) is 19.8 Å². The van der Waals surface area contributed by atoms with Gasteiger partial charge in [0.25, 0.3) is 5.91 Å². The average molecular weight is 337 g/mol. The number of halogens is 1. The van der Waals surface area contributed by atoms with Gasteiger partial charge in [-0.25, -0.2) is 9.87 Å². The minimum absolute atomic E-state index is 0. The van der Waals surface area contributed by atoms with Crippen molar-refractivity contribution in [1.29, 1.82) is 0 Å². The van der Waals surface area contributed by atoms with Crippen molar-refractivity contribution >= 4 is 5.91 Å². The highest BCUT2D eigenvalue weighted by molar-refractivity contribution is 5.93. The number of fused-ring (bicyclic) bond motifs is 1. The van der Waals surface area contributed by atoms with Gasteiger partial charge in [0.05, 0.1) is 0 Å². The number of rotatable bonds is 2. The van der Waals surface area contributed by atoms with Crippen LogP contribution in [0, 0.1) is 5.82 Å². The largest absolute Gasteiger partial charge is 0.299 e. The van der Waals surface area contributed by atoms with E-state index in [9.17, 15) is 9.18 Å². The lowest BCUT2D eigenvalue weighted by Gasteiger charge is -2.56. The Morgan fingerprint density at radius 3 is 2.88 bits per heavy atom. The molecule has 6 heteroatoms. The van der Waals surface area contributed by atoms with Crippen LogP contribution in [0.15, 0.2) is 12.1 Å². The molecule has 0 radical (unpaired) electrons. The molecule has 1 aromatic rings. The van der Waals surface area contributed by atoms with E-state index in [1.54, 1.807) is 11.5 Å². The molecule has 2 N–H and O–H groups in total. The molecule has 1 aromatic carbocycles. The number of benzene rings is 1. The number of hydroxylamine groups is 1. The van der Waals surface area contributed by atoms with Crippen LogP contribution in [0.2, 0.25) is 0 Å². The van der Waals surface area contributed by atoms with Crippen molar-refractivity contribution in [2.45, 2.75) is 50.2 Å². The Hall–Kier alpha value is -1.50. The third kappa shape index (κ3) is 2.28. The first-order valence-corrected chi connectivity index (χ1v) is 8.76. The quantitative estimate of drug-likeness (QED) is 0.643. The van der Waals surface area contributed by atoms with Gasteiger partial charge in [0, 0.05) is 38.7 Å². The number of nitrogens with zero attached hydrogens (tertiary/aromatic N) is 2. The number of nitrogens with one attached hydrogen (secondary N) is 1. The van der Waals surface area contributed by atoms with E-state index in [0.717, 1.165) is 25.1 Å². The van der Waals surface area contributed by atoms with E-state index in [0.29, 0.717) is 23.7 Å². The van der Waals surface area contributed by atoms with E-state index in [1.165, 1.54) is 31.7 Å². The van der Waals surface area contributed by atoms with Crippen LogP contribution in [0.1, 0.15) is 50.0 Å². The van der Waals surface area contributed by atoms with E-state index in [2.05, 4.69) is 16.8 Å². The van der Waals surface area contributed by atoms with Gasteiger partial charge in [-0.1, -0.05) is 0 Å². The molecule has 3 aliphatic rings. The second-order valence-corrected chi connectivity index (χ2v) is 7.44. The van der Waals surface area contributed by atoms with Gasteiger partial charge in [0.15, 0.2) is 0 Å². The minimum Gasteiger partial charge on any atom is -0.299 e. The lowest BCUT2D eigenvalue weighted by atomic mass is 9.68. The standard InChI is InChI=1S/C18H24FN3O2.2H2/c1-21-7-2-5-18(21)6-3-16(18)22-8-4-12-9-13(17(23)20-24)10-15(19)14(12)11-22;;/h9-10,16,24H,2-8,11H2,1H3,(H,20,23);2*1H/t16-,18-;;/m0../s1. The van der Waals surface area contributed by atoms with Crippen molar-refractivity contribution in [3.8, 4) is 0 Å². The van der Waals surface area contributed by atoms with Crippen LogP contribution in [0.4, 0.5) is 4.39 Å². The second kappa shape index (κ2) is 5.79. The Kier molecular flexibility index (Phi) is 3.86. The van der Waals surface area contributed by atoms with E-state index in [4.69, 9.17) is 5.21 Å². The van der Waals surface area contributed by atoms with Crippen LogP contribution >= 0.6 is 0 Å². The molecule has 0 bridgehead atoms. The van der Waals surface area contributed by atoms with Crippen molar-refractivity contribution in [2.24, 2.45) is 0 Å². The molecule has 2 aliphatic heterocycles. The number of carbonyl (C=O) groups excluding carboxylic acids is 1. The number of carbonyl (C=O) groups is 1. The predicted octanol–water partition coefficient (Wildman–Crippen LogP) is 2.42. The Labute approximate surface area is 144 Å². The van der Waals surface area contributed by atoms with Gasteiger partial charge in [-0.15, -0.1) is 0 Å². The number of likely N-dealkylation sites (N-methyl/N-ethyl adjacent to an activating group) is 1. The minimum atomic E-state index is -0.662. The zero-order valence-corrected chi connectivity index (χ0v) is 14.0. The summed E-state index contributed by atoms with van der Waals surface area (Å²) in [5.41, 5.74) is 3.65. The Balaban J connectivity index is 0.00000121. The molecule has 134 valence electrons. The first-order valence-electron chi connectivity index (χ1n) is 8.76. The highest BCUT2D eigenvalue weighted by Crippen LogP contribution is 2.48. The summed E-state index contributed by atoms with van der Waals surface area (Å²) in [6.07, 6.45) is 5.68. The molecule has 1 spiro atoms. The molecule has 4 rings (SSSR count). The molecule has 2 atom stereocenters. The molecule has 5 nitrogen and oxygen atoms in total. The van der Waals surface area contributed by atoms with Crippen LogP contribution < -0.4 is 5.48 Å². The molecule has 24 heavy (non-hydrogen) atoms. The van der Waals surface area contributed by atoms with Gasteiger partial charge < -0.3 is 0 Å². The van der Waals surface area contributed by atoms with Gasteiger partial charge >= 0.3 is 0 Å². The molecule has 2 heterocycles. The summed E-state index contributed by atoms with van der Waals surface area (Å²) >= 11 is 0. The smallest absolute Gasteiger partial charge is 0.274 e. The van der Waals surface area contributed by atoms with Crippen LogP contribution in [-0.2, 0) is 13.0 Å². The highest BCUT2D eigenvalue weighted by atomic mass is 19.1. The Bertz CT molecular complexity index is 691. The van der Waals surface area contributed by atoms with Crippen LogP contribution in [0.3, 0.4) is 0 Å². The summed E-state index contributed by atoms with van der Waals surface area (Å²) in [4.78, 5) is 16.5. The second-order valence-electron chi connectivity index (χ2n) is 7.44. The van der Waals surface area contributed by atoms with E-state index in [1.807, 2.05) is 0 Å². The number of hydrogen-bond donors (Lipinski definition) is 2. The van der Waals surface area contributed by atoms with Crippen LogP contribution in [-0.4, -0.2) is 52.6 Å². The summed E-state index contributed by atoms with van der Waals surface area (Å²) in [5.74, 6) is -1.01. The van der Waals surface area contributed by atoms with Gasteiger partial charge in [0.1, 0.15) is 5.82 Å². The Morgan fingerprint density at radius 1 is 1.42 bits per heavy atom. The van der Waals surface area contributed by atoms with Crippen molar-refractivity contribution in [2.75, 3.05) is 20.1 Å². The van der Waals surface area contributed by atoms with E-state index < -0.39 is 5.91 Å². The summed E-state index contributed by atoms with van der Waals surface area (Å²) in [5, 5.41) is 8.75. The fourth-order valence-corrected chi connectivity index (χ4v) is 5.00. The summed E-state index contributed by atoms with van der Waals surface area (Å²) in [6.45, 7) is 2.67. The fraction of sp³-hybridized carbons (Fsp3) is 0.611. The normalized spacial score (nSPS) is 30.2.